The molecular formula is C20H25FN2O2. The molecular weight excluding hydrogens is 319 g/mol. The third kappa shape index (κ3) is 6.55. The van der Waals surface area contributed by atoms with Crippen molar-refractivity contribution in [1.82, 2.24) is 5.32 Å². The molecule has 0 aromatic heterocycles. The van der Waals surface area contributed by atoms with E-state index in [4.69, 9.17) is 4.74 Å². The van der Waals surface area contributed by atoms with Gasteiger partial charge in [-0.05, 0) is 51.5 Å². The molecule has 0 bridgehead atoms. The Hall–Kier alpha value is -2.40. The first-order valence-corrected chi connectivity index (χ1v) is 8.27. The van der Waals surface area contributed by atoms with Crippen molar-refractivity contribution in [2.24, 2.45) is 0 Å². The molecule has 2 aromatic carbocycles. The van der Waals surface area contributed by atoms with Crippen molar-refractivity contribution in [3.05, 3.63) is 65.0 Å². The second kappa shape index (κ2) is 8.12. The summed E-state index contributed by atoms with van der Waals surface area (Å²) >= 11 is 0. The molecule has 0 radical (unpaired) electrons. The van der Waals surface area contributed by atoms with E-state index in [-0.39, 0.29) is 5.82 Å². The molecule has 0 spiro atoms. The number of aryl methyl sites for hydroxylation is 1. The summed E-state index contributed by atoms with van der Waals surface area (Å²) in [5.74, 6) is -0.199. The highest BCUT2D eigenvalue weighted by Crippen LogP contribution is 2.14. The van der Waals surface area contributed by atoms with Gasteiger partial charge in [-0.25, -0.2) is 9.18 Å². The molecule has 2 N–H and O–H groups in total. The molecule has 2 aromatic rings. The van der Waals surface area contributed by atoms with Crippen LogP contribution in [-0.4, -0.2) is 11.7 Å². The molecule has 0 aliphatic rings. The molecule has 0 aliphatic carbocycles. The van der Waals surface area contributed by atoms with Gasteiger partial charge in [-0.1, -0.05) is 29.8 Å². The number of amides is 1. The summed E-state index contributed by atoms with van der Waals surface area (Å²) < 4.78 is 18.9. The van der Waals surface area contributed by atoms with Crippen molar-refractivity contribution in [2.45, 2.75) is 46.4 Å². The van der Waals surface area contributed by atoms with Gasteiger partial charge in [0.2, 0.25) is 0 Å². The van der Waals surface area contributed by atoms with Gasteiger partial charge >= 0.3 is 6.09 Å². The van der Waals surface area contributed by atoms with E-state index in [9.17, 15) is 9.18 Å². The molecule has 0 saturated heterocycles. The topological polar surface area (TPSA) is 50.4 Å². The molecule has 0 heterocycles. The number of benzene rings is 2. The van der Waals surface area contributed by atoms with Crippen molar-refractivity contribution in [3.63, 3.8) is 0 Å². The third-order valence-electron chi connectivity index (χ3n) is 3.45. The average Bonchev–Trinajstić information content (AvgIpc) is 2.50. The van der Waals surface area contributed by atoms with Crippen LogP contribution in [0.3, 0.4) is 0 Å². The fraction of sp³-hybridized carbons (Fsp3) is 0.350. The number of nitrogens with one attached hydrogen (secondary N) is 2. The quantitative estimate of drug-likeness (QED) is 0.821. The highest BCUT2D eigenvalue weighted by Gasteiger charge is 2.16. The maximum absolute atomic E-state index is 13.7. The zero-order valence-electron chi connectivity index (χ0n) is 15.2. The van der Waals surface area contributed by atoms with Gasteiger partial charge in [0.25, 0.3) is 0 Å². The molecule has 0 saturated carbocycles. The van der Waals surface area contributed by atoms with Crippen molar-refractivity contribution in [2.75, 3.05) is 5.32 Å². The van der Waals surface area contributed by atoms with Crippen LogP contribution < -0.4 is 10.6 Å². The van der Waals surface area contributed by atoms with Gasteiger partial charge in [0.15, 0.2) is 0 Å². The number of ether oxygens (including phenoxy) is 1. The van der Waals surface area contributed by atoms with E-state index in [2.05, 4.69) is 10.6 Å². The summed E-state index contributed by atoms with van der Waals surface area (Å²) in [6, 6.07) is 12.5. The average molecular weight is 344 g/mol. The number of hydrogen-bond donors (Lipinski definition) is 2. The first kappa shape index (κ1) is 18.9. The summed E-state index contributed by atoms with van der Waals surface area (Å²) in [4.78, 5) is 11.7. The summed E-state index contributed by atoms with van der Waals surface area (Å²) in [6.45, 7) is 8.47. The summed E-state index contributed by atoms with van der Waals surface area (Å²) in [5.41, 5.74) is 2.88. The minimum absolute atomic E-state index is 0.199. The van der Waals surface area contributed by atoms with Crippen LogP contribution >= 0.6 is 0 Å². The van der Waals surface area contributed by atoms with Crippen LogP contribution in [0.25, 0.3) is 0 Å². The normalized spacial score (nSPS) is 11.2. The van der Waals surface area contributed by atoms with Gasteiger partial charge in [-0.2, -0.15) is 0 Å². The number of carbonyl (C=O) groups is 1. The van der Waals surface area contributed by atoms with Crippen LogP contribution in [0.1, 0.15) is 37.5 Å². The second-order valence-corrected chi connectivity index (χ2v) is 7.02. The van der Waals surface area contributed by atoms with Crippen molar-refractivity contribution in [1.29, 1.82) is 0 Å². The first-order valence-electron chi connectivity index (χ1n) is 8.27. The molecule has 25 heavy (non-hydrogen) atoms. The van der Waals surface area contributed by atoms with E-state index in [0.29, 0.717) is 24.3 Å². The van der Waals surface area contributed by atoms with Crippen molar-refractivity contribution >= 4 is 11.8 Å². The molecule has 0 atom stereocenters. The van der Waals surface area contributed by atoms with Gasteiger partial charge in [0, 0.05) is 24.3 Å². The van der Waals surface area contributed by atoms with Crippen LogP contribution in [0.2, 0.25) is 0 Å². The van der Waals surface area contributed by atoms with E-state index in [1.54, 1.807) is 6.07 Å². The maximum atomic E-state index is 13.7. The Kier molecular flexibility index (Phi) is 6.15. The largest absolute Gasteiger partial charge is 0.444 e. The van der Waals surface area contributed by atoms with Crippen molar-refractivity contribution < 1.29 is 13.9 Å². The van der Waals surface area contributed by atoms with Gasteiger partial charge < -0.3 is 10.1 Å². The Morgan fingerprint density at radius 3 is 2.40 bits per heavy atom. The van der Waals surface area contributed by atoms with E-state index < -0.39 is 11.7 Å². The molecule has 0 aliphatic heterocycles. The molecule has 1 amide bonds. The Morgan fingerprint density at radius 2 is 1.76 bits per heavy atom. The maximum Gasteiger partial charge on any atom is 0.412 e. The van der Waals surface area contributed by atoms with Crippen molar-refractivity contribution in [3.8, 4) is 0 Å². The molecule has 2 rings (SSSR count). The fourth-order valence-electron chi connectivity index (χ4n) is 2.31. The van der Waals surface area contributed by atoms with Crippen LogP contribution in [-0.2, 0) is 17.8 Å². The molecule has 134 valence electrons. The smallest absolute Gasteiger partial charge is 0.412 e. The van der Waals surface area contributed by atoms with Crippen LogP contribution in [0, 0.1) is 12.7 Å². The predicted octanol–water partition coefficient (Wildman–Crippen LogP) is 4.77. The summed E-state index contributed by atoms with van der Waals surface area (Å²) in [7, 11) is 0. The zero-order valence-corrected chi connectivity index (χ0v) is 15.2. The molecule has 4 nitrogen and oxygen atoms in total. The van der Waals surface area contributed by atoms with E-state index in [1.807, 2.05) is 58.0 Å². The molecule has 0 unspecified atom stereocenters. The van der Waals surface area contributed by atoms with Gasteiger partial charge in [-0.3, -0.25) is 5.32 Å². The highest BCUT2D eigenvalue weighted by molar-refractivity contribution is 5.84. The number of carbonyl (C=O) groups excluding carboxylic acids is 1. The highest BCUT2D eigenvalue weighted by atomic mass is 19.1. The Labute approximate surface area is 148 Å². The van der Waals surface area contributed by atoms with Gasteiger partial charge in [0.05, 0.1) is 0 Å². The number of hydrogen-bond acceptors (Lipinski definition) is 3. The SMILES string of the molecule is Cc1ccc(F)c(CNCc2ccc(NC(=O)OC(C)(C)C)cc2)c1. The number of anilines is 1. The van der Waals surface area contributed by atoms with E-state index in [1.165, 1.54) is 6.07 Å². The second-order valence-electron chi connectivity index (χ2n) is 7.02. The number of rotatable bonds is 5. The van der Waals surface area contributed by atoms with Gasteiger partial charge in [0.1, 0.15) is 11.4 Å². The lowest BCUT2D eigenvalue weighted by atomic mass is 10.1. The van der Waals surface area contributed by atoms with E-state index in [0.717, 1.165) is 11.1 Å². The molecule has 0 fully saturated rings. The fourth-order valence-corrected chi connectivity index (χ4v) is 2.31. The summed E-state index contributed by atoms with van der Waals surface area (Å²) in [5, 5.41) is 5.92. The lowest BCUT2D eigenvalue weighted by Gasteiger charge is -2.19. The first-order chi connectivity index (χ1) is 11.7. The summed E-state index contributed by atoms with van der Waals surface area (Å²) in [6.07, 6.45) is -0.478. The minimum Gasteiger partial charge on any atom is -0.444 e. The van der Waals surface area contributed by atoms with Crippen LogP contribution in [0.4, 0.5) is 14.9 Å². The lowest BCUT2D eigenvalue weighted by molar-refractivity contribution is 0.0636. The monoisotopic (exact) mass is 344 g/mol. The standard InChI is InChI=1S/C20H25FN2O2/c1-14-5-10-18(21)16(11-14)13-22-12-15-6-8-17(9-7-15)23-19(24)25-20(2,3)4/h5-11,22H,12-13H2,1-4H3,(H,23,24). The van der Waals surface area contributed by atoms with Crippen LogP contribution in [0.15, 0.2) is 42.5 Å². The third-order valence-corrected chi connectivity index (χ3v) is 3.45. The van der Waals surface area contributed by atoms with E-state index >= 15 is 0 Å². The molecule has 5 heteroatoms. The predicted molar refractivity (Wildman–Crippen MR) is 98.0 cm³/mol. The number of halogens is 1. The van der Waals surface area contributed by atoms with Gasteiger partial charge in [-0.15, -0.1) is 0 Å². The zero-order chi connectivity index (χ0) is 18.4. The Morgan fingerprint density at radius 1 is 1.08 bits per heavy atom. The Bertz CT molecular complexity index is 721. The minimum atomic E-state index is -0.529. The lowest BCUT2D eigenvalue weighted by Crippen LogP contribution is -2.27. The Balaban J connectivity index is 1.84. The van der Waals surface area contributed by atoms with Crippen LogP contribution in [0.5, 0.6) is 0 Å².